The van der Waals surface area contributed by atoms with Crippen molar-refractivity contribution in [2.24, 2.45) is 0 Å². The van der Waals surface area contributed by atoms with Crippen molar-refractivity contribution in [3.63, 3.8) is 0 Å². The minimum atomic E-state index is -0.595. The van der Waals surface area contributed by atoms with Gasteiger partial charge in [0.1, 0.15) is 11.6 Å². The summed E-state index contributed by atoms with van der Waals surface area (Å²) in [6.45, 7) is 4.49. The normalized spacial score (nSPS) is 14.5. The van der Waals surface area contributed by atoms with E-state index in [1.165, 1.54) is 6.42 Å². The number of carbonyl (C=O) groups excluding carboxylic acids is 2. The summed E-state index contributed by atoms with van der Waals surface area (Å²) in [5.74, 6) is 1.27. The number of carbonyl (C=O) groups is 2. The zero-order valence-corrected chi connectivity index (χ0v) is 23.3. The van der Waals surface area contributed by atoms with Crippen molar-refractivity contribution in [3.05, 3.63) is 64.2 Å². The van der Waals surface area contributed by atoms with Gasteiger partial charge in [-0.25, -0.2) is 0 Å². The molecule has 39 heavy (non-hydrogen) atoms. The molecule has 0 fully saturated rings. The standard InChI is InChI=1S/C31H36N2O6/c1-6-7-8-9-16-39-27-13-11-23(19-29(27)38-5)17-24-21(2)25(20-32)31(35)33(30(24)34)15-14-22-10-12-26(36-3)28(18-22)37-4/h10-13,17-19H,6-9,14-16H2,1-5H3/b24-17+. The second-order valence-electron chi connectivity index (χ2n) is 9.19. The topological polar surface area (TPSA) is 98.1 Å². The number of methoxy groups -OCH3 is 3. The van der Waals surface area contributed by atoms with Crippen LogP contribution >= 0.6 is 0 Å². The fourth-order valence-corrected chi connectivity index (χ4v) is 4.38. The van der Waals surface area contributed by atoms with Gasteiger partial charge in [0.15, 0.2) is 23.0 Å². The van der Waals surface area contributed by atoms with Gasteiger partial charge in [-0.15, -0.1) is 0 Å². The minimum absolute atomic E-state index is 0.0489. The maximum atomic E-state index is 13.5. The van der Waals surface area contributed by atoms with Gasteiger partial charge in [-0.05, 0) is 66.8 Å². The Labute approximate surface area is 230 Å². The van der Waals surface area contributed by atoms with Gasteiger partial charge in [-0.3, -0.25) is 14.5 Å². The lowest BCUT2D eigenvalue weighted by molar-refractivity contribution is -0.140. The first-order valence-corrected chi connectivity index (χ1v) is 13.1. The Morgan fingerprint density at radius 3 is 2.23 bits per heavy atom. The number of nitrogens with zero attached hydrogens (tertiary/aromatic N) is 2. The quantitative estimate of drug-likeness (QED) is 0.191. The fourth-order valence-electron chi connectivity index (χ4n) is 4.38. The molecule has 3 rings (SSSR count). The summed E-state index contributed by atoms with van der Waals surface area (Å²) in [5.41, 5.74) is 2.14. The molecule has 1 heterocycles. The maximum Gasteiger partial charge on any atom is 0.271 e. The van der Waals surface area contributed by atoms with Crippen LogP contribution in [0.4, 0.5) is 0 Å². The number of benzene rings is 2. The van der Waals surface area contributed by atoms with E-state index in [1.54, 1.807) is 52.5 Å². The Morgan fingerprint density at radius 2 is 1.56 bits per heavy atom. The second-order valence-corrected chi connectivity index (χ2v) is 9.19. The Balaban J connectivity index is 1.84. The summed E-state index contributed by atoms with van der Waals surface area (Å²) >= 11 is 0. The molecule has 0 spiro atoms. The monoisotopic (exact) mass is 532 g/mol. The van der Waals surface area contributed by atoms with Crippen LogP contribution in [-0.4, -0.2) is 51.2 Å². The van der Waals surface area contributed by atoms with Gasteiger partial charge in [-0.1, -0.05) is 38.3 Å². The molecular weight excluding hydrogens is 496 g/mol. The van der Waals surface area contributed by atoms with Crippen molar-refractivity contribution in [1.29, 1.82) is 5.26 Å². The molecule has 0 atom stereocenters. The highest BCUT2D eigenvalue weighted by molar-refractivity contribution is 6.19. The predicted molar refractivity (Wildman–Crippen MR) is 149 cm³/mol. The maximum absolute atomic E-state index is 13.5. The lowest BCUT2D eigenvalue weighted by Crippen LogP contribution is -2.43. The van der Waals surface area contributed by atoms with Crippen molar-refractivity contribution >= 4 is 17.9 Å². The lowest BCUT2D eigenvalue weighted by Gasteiger charge is -2.27. The van der Waals surface area contributed by atoms with Crippen LogP contribution in [0, 0.1) is 11.3 Å². The van der Waals surface area contributed by atoms with Gasteiger partial charge < -0.3 is 18.9 Å². The average Bonchev–Trinajstić information content (AvgIpc) is 2.95. The Hall–Kier alpha value is -4.25. The molecule has 206 valence electrons. The third kappa shape index (κ3) is 6.99. The van der Waals surface area contributed by atoms with Crippen molar-refractivity contribution in [1.82, 2.24) is 4.90 Å². The van der Waals surface area contributed by atoms with Gasteiger partial charge in [0.2, 0.25) is 0 Å². The van der Waals surface area contributed by atoms with E-state index in [1.807, 2.05) is 24.3 Å². The van der Waals surface area contributed by atoms with E-state index in [-0.39, 0.29) is 17.7 Å². The minimum Gasteiger partial charge on any atom is -0.493 e. The fraction of sp³-hybridized carbons (Fsp3) is 0.387. The Bertz CT molecular complexity index is 1300. The number of amides is 2. The first kappa shape index (κ1) is 29.3. The molecule has 0 aliphatic carbocycles. The number of nitriles is 1. The zero-order chi connectivity index (χ0) is 28.4. The molecule has 0 aromatic heterocycles. The highest BCUT2D eigenvalue weighted by atomic mass is 16.5. The third-order valence-electron chi connectivity index (χ3n) is 6.65. The number of hydrogen-bond donors (Lipinski definition) is 0. The molecule has 1 aliphatic heterocycles. The van der Waals surface area contributed by atoms with E-state index in [4.69, 9.17) is 18.9 Å². The first-order chi connectivity index (χ1) is 18.9. The molecule has 0 radical (unpaired) electrons. The van der Waals surface area contributed by atoms with Crippen molar-refractivity contribution in [3.8, 4) is 29.1 Å². The smallest absolute Gasteiger partial charge is 0.271 e. The molecule has 1 aliphatic rings. The number of rotatable bonds is 13. The van der Waals surface area contributed by atoms with Crippen LogP contribution in [0.3, 0.4) is 0 Å². The van der Waals surface area contributed by atoms with Crippen LogP contribution < -0.4 is 18.9 Å². The van der Waals surface area contributed by atoms with Crippen molar-refractivity contribution in [2.75, 3.05) is 34.5 Å². The van der Waals surface area contributed by atoms with E-state index < -0.39 is 11.8 Å². The summed E-state index contributed by atoms with van der Waals surface area (Å²) in [5, 5.41) is 9.73. The molecule has 0 unspecified atom stereocenters. The third-order valence-corrected chi connectivity index (χ3v) is 6.65. The molecule has 0 N–H and O–H groups in total. The Kier molecular flexibility index (Phi) is 10.6. The predicted octanol–water partition coefficient (Wildman–Crippen LogP) is 5.51. The number of unbranched alkanes of at least 4 members (excludes halogenated alkanes) is 3. The summed E-state index contributed by atoms with van der Waals surface area (Å²) in [7, 11) is 4.67. The molecule has 0 saturated heterocycles. The lowest BCUT2D eigenvalue weighted by atomic mass is 9.93. The van der Waals surface area contributed by atoms with E-state index in [9.17, 15) is 14.9 Å². The molecular formula is C31H36N2O6. The van der Waals surface area contributed by atoms with E-state index >= 15 is 0 Å². The second kappa shape index (κ2) is 14.1. The van der Waals surface area contributed by atoms with Gasteiger partial charge in [0.05, 0.1) is 27.9 Å². The van der Waals surface area contributed by atoms with Gasteiger partial charge in [-0.2, -0.15) is 5.26 Å². The molecule has 2 aromatic rings. The van der Waals surface area contributed by atoms with Crippen molar-refractivity contribution < 1.29 is 28.5 Å². The summed E-state index contributed by atoms with van der Waals surface area (Å²) in [6, 6.07) is 12.8. The number of ether oxygens (including phenoxy) is 4. The largest absolute Gasteiger partial charge is 0.493 e. The number of hydrogen-bond acceptors (Lipinski definition) is 7. The molecule has 2 amide bonds. The molecule has 2 aromatic carbocycles. The summed E-state index contributed by atoms with van der Waals surface area (Å²) in [4.78, 5) is 27.7. The van der Waals surface area contributed by atoms with E-state index in [0.717, 1.165) is 29.7 Å². The van der Waals surface area contributed by atoms with Crippen molar-refractivity contribution in [2.45, 2.75) is 46.0 Å². The van der Waals surface area contributed by atoms with E-state index in [0.29, 0.717) is 47.2 Å². The number of imide groups is 1. The van der Waals surface area contributed by atoms with Gasteiger partial charge in [0.25, 0.3) is 11.8 Å². The average molecular weight is 533 g/mol. The summed E-state index contributed by atoms with van der Waals surface area (Å²) in [6.07, 6.45) is 6.47. The van der Waals surface area contributed by atoms with Crippen LogP contribution in [0.2, 0.25) is 0 Å². The van der Waals surface area contributed by atoms with Crippen LogP contribution in [-0.2, 0) is 16.0 Å². The summed E-state index contributed by atoms with van der Waals surface area (Å²) < 4.78 is 22.1. The van der Waals surface area contributed by atoms with Crippen LogP contribution in [0.25, 0.3) is 6.08 Å². The van der Waals surface area contributed by atoms with Crippen LogP contribution in [0.15, 0.2) is 53.1 Å². The molecule has 0 bridgehead atoms. The molecule has 8 heteroatoms. The SMILES string of the molecule is CCCCCCOc1ccc(/C=C2/C(=O)N(CCc3ccc(OC)c(OC)c3)C(=O)C(C#N)=C2C)cc1OC. The molecule has 8 nitrogen and oxygen atoms in total. The van der Waals surface area contributed by atoms with Crippen LogP contribution in [0.1, 0.15) is 50.7 Å². The first-order valence-electron chi connectivity index (χ1n) is 13.1. The Morgan fingerprint density at radius 1 is 0.872 bits per heavy atom. The highest BCUT2D eigenvalue weighted by Gasteiger charge is 2.35. The van der Waals surface area contributed by atoms with Crippen LogP contribution in [0.5, 0.6) is 23.0 Å². The van der Waals surface area contributed by atoms with Gasteiger partial charge in [0, 0.05) is 12.1 Å². The van der Waals surface area contributed by atoms with E-state index in [2.05, 4.69) is 6.92 Å². The van der Waals surface area contributed by atoms with Gasteiger partial charge >= 0.3 is 0 Å². The molecule has 0 saturated carbocycles. The highest BCUT2D eigenvalue weighted by Crippen LogP contribution is 2.32. The zero-order valence-electron chi connectivity index (χ0n) is 23.3.